The molecule has 7 nitrogen and oxygen atoms in total. The SMILES string of the molecule is O=C(O)c1ccc(S(=O)(=O)Nc2nc3ccccc3s2)o1. The maximum Gasteiger partial charge on any atom is 0.371 e. The Kier molecular flexibility index (Phi) is 3.15. The van der Waals surface area contributed by atoms with Gasteiger partial charge in [-0.15, -0.1) is 0 Å². The van der Waals surface area contributed by atoms with Gasteiger partial charge in [-0.3, -0.25) is 4.72 Å². The van der Waals surface area contributed by atoms with Crippen LogP contribution < -0.4 is 4.72 Å². The second-order valence-corrected chi connectivity index (χ2v) is 6.66. The maximum absolute atomic E-state index is 12.1. The monoisotopic (exact) mass is 324 g/mol. The number of thiazole rings is 1. The van der Waals surface area contributed by atoms with Gasteiger partial charge in [0.1, 0.15) is 0 Å². The topological polar surface area (TPSA) is 110 Å². The number of furan rings is 1. The first-order chi connectivity index (χ1) is 9.95. The van der Waals surface area contributed by atoms with Crippen LogP contribution in [-0.4, -0.2) is 24.5 Å². The molecule has 2 heterocycles. The summed E-state index contributed by atoms with van der Waals surface area (Å²) in [5.74, 6) is -1.78. The van der Waals surface area contributed by atoms with Crippen molar-refractivity contribution in [2.75, 3.05) is 4.72 Å². The van der Waals surface area contributed by atoms with E-state index in [1.807, 2.05) is 12.1 Å². The predicted octanol–water partition coefficient (Wildman–Crippen LogP) is 2.39. The van der Waals surface area contributed by atoms with Crippen LogP contribution in [0.2, 0.25) is 0 Å². The molecule has 0 radical (unpaired) electrons. The first kappa shape index (κ1) is 13.6. The minimum absolute atomic E-state index is 0.185. The van der Waals surface area contributed by atoms with E-state index in [1.165, 1.54) is 11.3 Å². The van der Waals surface area contributed by atoms with Crippen molar-refractivity contribution in [1.29, 1.82) is 0 Å². The molecule has 0 atom stereocenters. The van der Waals surface area contributed by atoms with E-state index in [9.17, 15) is 13.2 Å². The van der Waals surface area contributed by atoms with Crippen LogP contribution in [0.25, 0.3) is 10.2 Å². The Morgan fingerprint density at radius 3 is 2.67 bits per heavy atom. The van der Waals surface area contributed by atoms with Crippen LogP contribution in [0, 0.1) is 0 Å². The number of fused-ring (bicyclic) bond motifs is 1. The molecule has 9 heteroatoms. The van der Waals surface area contributed by atoms with Crippen molar-refractivity contribution in [3.63, 3.8) is 0 Å². The lowest BCUT2D eigenvalue weighted by atomic mass is 10.3. The van der Waals surface area contributed by atoms with Crippen LogP contribution in [-0.2, 0) is 10.0 Å². The largest absolute Gasteiger partial charge is 0.475 e. The number of aromatic carboxylic acids is 1. The maximum atomic E-state index is 12.1. The molecule has 0 amide bonds. The zero-order valence-electron chi connectivity index (χ0n) is 10.3. The van der Waals surface area contributed by atoms with Gasteiger partial charge in [-0.1, -0.05) is 23.5 Å². The summed E-state index contributed by atoms with van der Waals surface area (Å²) < 4.78 is 32.1. The number of hydrogen-bond acceptors (Lipinski definition) is 6. The normalized spacial score (nSPS) is 11.6. The molecule has 0 aliphatic carbocycles. The smallest absolute Gasteiger partial charge is 0.371 e. The zero-order valence-corrected chi connectivity index (χ0v) is 11.9. The molecule has 1 aromatic carbocycles. The molecule has 3 aromatic rings. The lowest BCUT2D eigenvalue weighted by Crippen LogP contribution is -2.11. The Morgan fingerprint density at radius 1 is 1.24 bits per heavy atom. The first-order valence-corrected chi connectivity index (χ1v) is 7.97. The number of nitrogens with zero attached hydrogens (tertiary/aromatic N) is 1. The van der Waals surface area contributed by atoms with Gasteiger partial charge in [-0.05, 0) is 24.3 Å². The molecule has 0 spiro atoms. The number of para-hydroxylation sites is 1. The van der Waals surface area contributed by atoms with E-state index < -0.39 is 26.8 Å². The van der Waals surface area contributed by atoms with Crippen molar-refractivity contribution in [2.24, 2.45) is 0 Å². The van der Waals surface area contributed by atoms with E-state index >= 15 is 0 Å². The Balaban J connectivity index is 1.93. The fourth-order valence-electron chi connectivity index (χ4n) is 1.66. The highest BCUT2D eigenvalue weighted by Crippen LogP contribution is 2.27. The van der Waals surface area contributed by atoms with Gasteiger partial charge in [0.05, 0.1) is 10.2 Å². The van der Waals surface area contributed by atoms with Gasteiger partial charge in [0.2, 0.25) is 10.9 Å². The van der Waals surface area contributed by atoms with Gasteiger partial charge in [0, 0.05) is 0 Å². The quantitative estimate of drug-likeness (QED) is 0.762. The Morgan fingerprint density at radius 2 is 2.00 bits per heavy atom. The highest BCUT2D eigenvalue weighted by molar-refractivity contribution is 7.92. The number of anilines is 1. The summed E-state index contributed by atoms with van der Waals surface area (Å²) >= 11 is 1.17. The second-order valence-electron chi connectivity index (χ2n) is 4.02. The molecule has 2 aromatic heterocycles. The lowest BCUT2D eigenvalue weighted by molar-refractivity contribution is 0.0656. The standard InChI is InChI=1S/C12H8N2O5S2/c15-11(16)8-5-6-10(19-8)21(17,18)14-12-13-7-3-1-2-4-9(7)20-12/h1-6H,(H,13,14)(H,15,16). The summed E-state index contributed by atoms with van der Waals surface area (Å²) in [7, 11) is -4.01. The van der Waals surface area contributed by atoms with Gasteiger partial charge in [-0.2, -0.15) is 8.42 Å². The van der Waals surface area contributed by atoms with Gasteiger partial charge in [-0.25, -0.2) is 9.78 Å². The Hall–Kier alpha value is -2.39. The molecule has 0 bridgehead atoms. The van der Waals surface area contributed by atoms with Crippen molar-refractivity contribution in [2.45, 2.75) is 5.09 Å². The third-order valence-corrected chi connectivity index (χ3v) is 4.86. The summed E-state index contributed by atoms with van der Waals surface area (Å²) in [6, 6.07) is 9.37. The molecule has 108 valence electrons. The summed E-state index contributed by atoms with van der Waals surface area (Å²) in [4.78, 5) is 14.8. The van der Waals surface area contributed by atoms with E-state index in [4.69, 9.17) is 9.52 Å². The summed E-state index contributed by atoms with van der Waals surface area (Å²) in [6.45, 7) is 0. The van der Waals surface area contributed by atoms with E-state index in [1.54, 1.807) is 12.1 Å². The molecular weight excluding hydrogens is 316 g/mol. The van der Waals surface area contributed by atoms with Crippen LogP contribution in [0.15, 0.2) is 45.9 Å². The highest BCUT2D eigenvalue weighted by atomic mass is 32.2. The fraction of sp³-hybridized carbons (Fsp3) is 0. The number of sulfonamides is 1. The number of nitrogens with one attached hydrogen (secondary N) is 1. The molecule has 0 saturated carbocycles. The summed E-state index contributed by atoms with van der Waals surface area (Å²) in [5, 5.41) is 8.44. The summed E-state index contributed by atoms with van der Waals surface area (Å²) in [5.41, 5.74) is 0.672. The van der Waals surface area contributed by atoms with Crippen LogP contribution in [0.3, 0.4) is 0 Å². The molecular formula is C12H8N2O5S2. The van der Waals surface area contributed by atoms with E-state index in [0.29, 0.717) is 5.52 Å². The van der Waals surface area contributed by atoms with Gasteiger partial charge < -0.3 is 9.52 Å². The summed E-state index contributed by atoms with van der Waals surface area (Å²) in [6.07, 6.45) is 0. The van der Waals surface area contributed by atoms with Crippen LogP contribution in [0.5, 0.6) is 0 Å². The first-order valence-electron chi connectivity index (χ1n) is 5.67. The van der Waals surface area contributed by atoms with Gasteiger partial charge in [0.25, 0.3) is 10.0 Å². The van der Waals surface area contributed by atoms with Crippen molar-refractivity contribution in [3.8, 4) is 0 Å². The Bertz CT molecular complexity index is 893. The van der Waals surface area contributed by atoms with Crippen LogP contribution in [0.4, 0.5) is 5.13 Å². The minimum Gasteiger partial charge on any atom is -0.475 e. The molecule has 0 aliphatic heterocycles. The average molecular weight is 324 g/mol. The number of carboxylic acids is 1. The number of carbonyl (C=O) groups is 1. The molecule has 3 rings (SSSR count). The van der Waals surface area contributed by atoms with E-state index in [2.05, 4.69) is 9.71 Å². The molecule has 0 fully saturated rings. The fourth-order valence-corrected chi connectivity index (χ4v) is 3.70. The highest BCUT2D eigenvalue weighted by Gasteiger charge is 2.22. The average Bonchev–Trinajstić information content (AvgIpc) is 3.04. The van der Waals surface area contributed by atoms with Crippen LogP contribution in [0.1, 0.15) is 10.6 Å². The van der Waals surface area contributed by atoms with Gasteiger partial charge >= 0.3 is 5.97 Å². The molecule has 0 saturated heterocycles. The Labute approximate surface area is 122 Å². The zero-order chi connectivity index (χ0) is 15.0. The number of aromatic nitrogens is 1. The van der Waals surface area contributed by atoms with Crippen molar-refractivity contribution < 1.29 is 22.7 Å². The van der Waals surface area contributed by atoms with Crippen LogP contribution >= 0.6 is 11.3 Å². The number of hydrogen-bond donors (Lipinski definition) is 2. The number of rotatable bonds is 4. The number of benzene rings is 1. The van der Waals surface area contributed by atoms with Crippen molar-refractivity contribution in [1.82, 2.24) is 4.98 Å². The molecule has 21 heavy (non-hydrogen) atoms. The second kappa shape index (κ2) is 4.86. The van der Waals surface area contributed by atoms with E-state index in [-0.39, 0.29) is 5.13 Å². The van der Waals surface area contributed by atoms with E-state index in [0.717, 1.165) is 16.8 Å². The minimum atomic E-state index is -4.01. The number of carboxylic acid groups (broad SMARTS) is 1. The third-order valence-electron chi connectivity index (χ3n) is 2.57. The van der Waals surface area contributed by atoms with Gasteiger partial charge in [0.15, 0.2) is 5.13 Å². The molecule has 2 N–H and O–H groups in total. The molecule has 0 aliphatic rings. The van der Waals surface area contributed by atoms with Crippen molar-refractivity contribution >= 4 is 42.7 Å². The predicted molar refractivity (Wildman–Crippen MR) is 76.1 cm³/mol. The van der Waals surface area contributed by atoms with Crippen molar-refractivity contribution in [3.05, 3.63) is 42.2 Å². The molecule has 0 unspecified atom stereocenters. The third kappa shape index (κ3) is 2.60. The lowest BCUT2D eigenvalue weighted by Gasteiger charge is -2.00.